The van der Waals surface area contributed by atoms with Crippen LogP contribution in [0.4, 0.5) is 5.69 Å². The molecule has 2 aromatic rings. The summed E-state index contributed by atoms with van der Waals surface area (Å²) >= 11 is 9.72. The third-order valence-electron chi connectivity index (χ3n) is 3.10. The molecular formula is C14H11BrClN3O2. The molecule has 0 aliphatic carbocycles. The molecule has 0 saturated heterocycles. The molecule has 21 heavy (non-hydrogen) atoms. The fraction of sp³-hybridized carbons (Fsp3) is 0.143. The van der Waals surface area contributed by atoms with Crippen LogP contribution in [0.15, 0.2) is 22.8 Å². The maximum absolute atomic E-state index is 11.9. The predicted octanol–water partition coefficient (Wildman–Crippen LogP) is 3.44. The molecule has 0 amide bonds. The van der Waals surface area contributed by atoms with Gasteiger partial charge in [0.15, 0.2) is 5.69 Å². The number of nitrogens with two attached hydrogens (primary N) is 1. The molecule has 0 bridgehead atoms. The second-order valence-corrected chi connectivity index (χ2v) is 5.52. The van der Waals surface area contributed by atoms with Gasteiger partial charge in [0.25, 0.3) is 0 Å². The van der Waals surface area contributed by atoms with Crippen LogP contribution in [0.1, 0.15) is 21.6 Å². The molecule has 1 heterocycles. The van der Waals surface area contributed by atoms with Crippen LogP contribution < -0.4 is 5.73 Å². The van der Waals surface area contributed by atoms with Crippen molar-refractivity contribution in [3.8, 4) is 11.8 Å². The third-order valence-corrected chi connectivity index (χ3v) is 4.44. The van der Waals surface area contributed by atoms with Crippen molar-refractivity contribution in [2.75, 3.05) is 12.8 Å². The molecule has 0 fully saturated rings. The van der Waals surface area contributed by atoms with Crippen molar-refractivity contribution in [2.45, 2.75) is 6.92 Å². The van der Waals surface area contributed by atoms with E-state index >= 15 is 0 Å². The number of benzene rings is 1. The Labute approximate surface area is 135 Å². The van der Waals surface area contributed by atoms with Crippen LogP contribution >= 0.6 is 27.5 Å². The van der Waals surface area contributed by atoms with E-state index in [1.54, 1.807) is 12.1 Å². The fourth-order valence-electron chi connectivity index (χ4n) is 1.94. The number of hydrogen-bond acceptors (Lipinski definition) is 4. The molecular weight excluding hydrogens is 358 g/mol. The molecule has 108 valence electrons. The number of anilines is 1. The van der Waals surface area contributed by atoms with Gasteiger partial charge in [-0.15, -0.1) is 0 Å². The van der Waals surface area contributed by atoms with Crippen LogP contribution in [-0.4, -0.2) is 17.6 Å². The summed E-state index contributed by atoms with van der Waals surface area (Å²) < 4.78 is 7.05. The molecule has 0 atom stereocenters. The van der Waals surface area contributed by atoms with Crippen LogP contribution in [0.3, 0.4) is 0 Å². The van der Waals surface area contributed by atoms with Gasteiger partial charge in [0, 0.05) is 10.7 Å². The lowest BCUT2D eigenvalue weighted by Crippen LogP contribution is -2.11. The number of nitriles is 1. The van der Waals surface area contributed by atoms with Gasteiger partial charge in [-0.3, -0.25) is 0 Å². The summed E-state index contributed by atoms with van der Waals surface area (Å²) in [4.78, 5) is 11.9. The highest BCUT2D eigenvalue weighted by Crippen LogP contribution is 2.33. The highest BCUT2D eigenvalue weighted by atomic mass is 79.9. The molecule has 7 heteroatoms. The van der Waals surface area contributed by atoms with Crippen molar-refractivity contribution in [3.63, 3.8) is 0 Å². The Morgan fingerprint density at radius 3 is 2.76 bits per heavy atom. The average molecular weight is 369 g/mol. The van der Waals surface area contributed by atoms with E-state index < -0.39 is 5.97 Å². The number of methoxy groups -OCH3 is 1. The minimum absolute atomic E-state index is 0.0704. The molecule has 0 radical (unpaired) electrons. The summed E-state index contributed by atoms with van der Waals surface area (Å²) in [7, 11) is 1.25. The van der Waals surface area contributed by atoms with E-state index in [9.17, 15) is 4.79 Å². The maximum Gasteiger partial charge on any atom is 0.357 e. The van der Waals surface area contributed by atoms with Crippen molar-refractivity contribution >= 4 is 39.2 Å². The van der Waals surface area contributed by atoms with Gasteiger partial charge in [0.1, 0.15) is 6.07 Å². The van der Waals surface area contributed by atoms with Gasteiger partial charge in [0.05, 0.1) is 29.1 Å². The number of aromatic nitrogens is 1. The molecule has 0 saturated carbocycles. The minimum Gasteiger partial charge on any atom is -0.464 e. The van der Waals surface area contributed by atoms with Crippen LogP contribution in [0, 0.1) is 18.3 Å². The minimum atomic E-state index is -0.634. The molecule has 1 aromatic heterocycles. The number of carbonyl (C=O) groups is 1. The van der Waals surface area contributed by atoms with Crippen molar-refractivity contribution in [1.29, 1.82) is 5.26 Å². The van der Waals surface area contributed by atoms with Crippen molar-refractivity contribution in [1.82, 2.24) is 4.57 Å². The number of esters is 1. The Balaban J connectivity index is 2.79. The van der Waals surface area contributed by atoms with Crippen molar-refractivity contribution in [2.24, 2.45) is 0 Å². The Hall–Kier alpha value is -1.97. The van der Waals surface area contributed by atoms with Gasteiger partial charge >= 0.3 is 5.97 Å². The normalized spacial score (nSPS) is 10.2. The topological polar surface area (TPSA) is 81.0 Å². The molecule has 2 N–H and O–H groups in total. The first-order valence-electron chi connectivity index (χ1n) is 5.86. The van der Waals surface area contributed by atoms with E-state index in [4.69, 9.17) is 27.3 Å². The van der Waals surface area contributed by atoms with Gasteiger partial charge in [-0.25, -0.2) is 4.79 Å². The largest absolute Gasteiger partial charge is 0.464 e. The summed E-state index contributed by atoms with van der Waals surface area (Å²) in [5.41, 5.74) is 7.55. The summed E-state index contributed by atoms with van der Waals surface area (Å²) in [5, 5.41) is 9.54. The zero-order valence-corrected chi connectivity index (χ0v) is 13.6. The molecule has 2 rings (SSSR count). The summed E-state index contributed by atoms with van der Waals surface area (Å²) in [6, 6.07) is 5.48. The number of nitrogens with zero attached hydrogens (tertiary/aromatic N) is 2. The van der Waals surface area contributed by atoms with Crippen LogP contribution in [-0.2, 0) is 4.74 Å². The number of halogens is 2. The van der Waals surface area contributed by atoms with E-state index in [2.05, 4.69) is 15.9 Å². The zero-order valence-electron chi connectivity index (χ0n) is 11.3. The van der Waals surface area contributed by atoms with Gasteiger partial charge < -0.3 is 15.0 Å². The van der Waals surface area contributed by atoms with Gasteiger partial charge in [-0.1, -0.05) is 27.5 Å². The number of hydrogen-bond donors (Lipinski definition) is 1. The average Bonchev–Trinajstić information content (AvgIpc) is 2.80. The highest BCUT2D eigenvalue weighted by molar-refractivity contribution is 9.10. The Kier molecular flexibility index (Phi) is 4.26. The zero-order chi connectivity index (χ0) is 15.7. The standard InChI is InChI=1S/C14H11BrClN3O2/c1-7-9(15)3-4-10(11(7)16)19-6-8(5-17)12(18)13(19)14(20)21-2/h3-4,6H,18H2,1-2H3. The monoisotopic (exact) mass is 367 g/mol. The van der Waals surface area contributed by atoms with E-state index in [1.807, 2.05) is 13.0 Å². The van der Waals surface area contributed by atoms with Crippen molar-refractivity contribution in [3.05, 3.63) is 44.6 Å². The first-order chi connectivity index (χ1) is 9.92. The van der Waals surface area contributed by atoms with E-state index in [0.29, 0.717) is 10.7 Å². The predicted molar refractivity (Wildman–Crippen MR) is 83.7 cm³/mol. The number of carbonyl (C=O) groups excluding carboxylic acids is 1. The third kappa shape index (κ3) is 2.50. The summed E-state index contributed by atoms with van der Waals surface area (Å²) in [5.74, 6) is -0.634. The van der Waals surface area contributed by atoms with Crippen molar-refractivity contribution < 1.29 is 9.53 Å². The van der Waals surface area contributed by atoms with Crippen LogP contribution in [0.2, 0.25) is 5.02 Å². The first kappa shape index (κ1) is 15.4. The Morgan fingerprint density at radius 2 is 2.19 bits per heavy atom. The smallest absolute Gasteiger partial charge is 0.357 e. The second kappa shape index (κ2) is 5.80. The number of ether oxygens (including phenoxy) is 1. The molecule has 0 unspecified atom stereocenters. The van der Waals surface area contributed by atoms with E-state index in [1.165, 1.54) is 17.9 Å². The van der Waals surface area contributed by atoms with Crippen LogP contribution in [0.25, 0.3) is 5.69 Å². The number of rotatable bonds is 2. The molecule has 0 aliphatic rings. The van der Waals surface area contributed by atoms with Gasteiger partial charge in [0.2, 0.25) is 0 Å². The SMILES string of the molecule is COC(=O)c1c(N)c(C#N)cn1-c1ccc(Br)c(C)c1Cl. The quantitative estimate of drug-likeness (QED) is 0.823. The first-order valence-corrected chi connectivity index (χ1v) is 7.03. The lowest BCUT2D eigenvalue weighted by atomic mass is 10.2. The molecule has 0 aliphatic heterocycles. The number of nitrogen functional groups attached to an aromatic ring is 1. The van der Waals surface area contributed by atoms with Gasteiger partial charge in [-0.05, 0) is 24.6 Å². The molecule has 5 nitrogen and oxygen atoms in total. The Bertz CT molecular complexity index is 778. The highest BCUT2D eigenvalue weighted by Gasteiger charge is 2.23. The van der Waals surface area contributed by atoms with E-state index in [-0.39, 0.29) is 16.9 Å². The summed E-state index contributed by atoms with van der Waals surface area (Å²) in [6.07, 6.45) is 1.47. The van der Waals surface area contributed by atoms with Gasteiger partial charge in [-0.2, -0.15) is 5.26 Å². The molecule has 1 aromatic carbocycles. The molecule has 0 spiro atoms. The lowest BCUT2D eigenvalue weighted by molar-refractivity contribution is 0.0593. The summed E-state index contributed by atoms with van der Waals surface area (Å²) in [6.45, 7) is 1.84. The maximum atomic E-state index is 11.9. The lowest BCUT2D eigenvalue weighted by Gasteiger charge is -2.12. The fourth-order valence-corrected chi connectivity index (χ4v) is 2.64. The second-order valence-electron chi connectivity index (χ2n) is 4.28. The van der Waals surface area contributed by atoms with Crippen LogP contribution in [0.5, 0.6) is 0 Å². The Morgan fingerprint density at radius 1 is 1.52 bits per heavy atom. The van der Waals surface area contributed by atoms with E-state index in [0.717, 1.165) is 10.0 Å².